The van der Waals surface area contributed by atoms with Crippen molar-refractivity contribution in [1.82, 2.24) is 0 Å². The molecule has 130 valence electrons. The van der Waals surface area contributed by atoms with Crippen LogP contribution >= 0.6 is 0 Å². The van der Waals surface area contributed by atoms with Gasteiger partial charge in [-0.05, 0) is 0 Å². The minimum atomic E-state index is -1.84. The molecule has 1 aromatic rings. The second-order valence-corrected chi connectivity index (χ2v) is 19.5. The molecule has 0 fully saturated rings. The standard InChI is InChI=1S/C19H25Si.3CH3.Ti/c1-13-7-6-10-19(14(13)2)20-12-17-11-16-8-4-5-9-18(16)15(17)3;;;;/h6-7,10-11H,4-5,8-9,12,20H2,1-3H3;3*1H3;. The molecule has 0 bridgehead atoms. The van der Waals surface area contributed by atoms with Crippen LogP contribution in [0.2, 0.25) is 25.4 Å². The SMILES string of the molecule is Cc1cccc([SiH2]CC2=CC3=C(CCCC3)[C]2(C)[Ti]([CH3])([CH3])[CH3])c1C. The average molecular weight is 374 g/mol. The minimum absolute atomic E-state index is 0.223. The number of hydrogen-bond donors (Lipinski definition) is 0. The van der Waals surface area contributed by atoms with Crippen LogP contribution in [0.25, 0.3) is 0 Å². The first kappa shape index (κ1) is 18.4. The Kier molecular flexibility index (Phi) is 5.18. The summed E-state index contributed by atoms with van der Waals surface area (Å²) in [5, 5.41) is 9.60. The third-order valence-corrected chi connectivity index (χ3v) is 14.7. The fraction of sp³-hybridized carbons (Fsp3) is 0.545. The van der Waals surface area contributed by atoms with E-state index in [1.54, 1.807) is 16.3 Å². The van der Waals surface area contributed by atoms with Gasteiger partial charge in [-0.2, -0.15) is 0 Å². The maximum atomic E-state index is 2.67. The van der Waals surface area contributed by atoms with Gasteiger partial charge in [-0.3, -0.25) is 0 Å². The predicted octanol–water partition coefficient (Wildman–Crippen LogP) is 5.80. The molecule has 3 rings (SSSR count). The van der Waals surface area contributed by atoms with Crippen LogP contribution in [-0.4, -0.2) is 9.52 Å². The van der Waals surface area contributed by atoms with Gasteiger partial charge < -0.3 is 0 Å². The Hall–Kier alpha value is -0.369. The van der Waals surface area contributed by atoms with Crippen LogP contribution in [0.3, 0.4) is 0 Å². The molecule has 1 unspecified atom stereocenters. The predicted molar refractivity (Wildman–Crippen MR) is 108 cm³/mol. The van der Waals surface area contributed by atoms with Crippen LogP contribution in [0.5, 0.6) is 0 Å². The summed E-state index contributed by atoms with van der Waals surface area (Å²) in [4.78, 5) is 0. The molecule has 0 aliphatic heterocycles. The van der Waals surface area contributed by atoms with Crippen molar-refractivity contribution in [2.24, 2.45) is 0 Å². The van der Waals surface area contributed by atoms with Crippen molar-refractivity contribution < 1.29 is 16.6 Å². The molecular formula is C22H34SiTi. The molecule has 1 aromatic carbocycles. The van der Waals surface area contributed by atoms with Gasteiger partial charge in [-0.15, -0.1) is 0 Å². The molecule has 0 saturated heterocycles. The summed E-state index contributed by atoms with van der Waals surface area (Å²) >= 11 is -1.84. The van der Waals surface area contributed by atoms with Gasteiger partial charge in [0.25, 0.3) is 0 Å². The molecule has 0 radical (unpaired) electrons. The first-order valence-electron chi connectivity index (χ1n) is 9.74. The van der Waals surface area contributed by atoms with E-state index in [1.165, 1.54) is 37.3 Å². The van der Waals surface area contributed by atoms with Crippen molar-refractivity contribution in [3.63, 3.8) is 0 Å². The topological polar surface area (TPSA) is 0 Å². The molecule has 0 amide bonds. The summed E-state index contributed by atoms with van der Waals surface area (Å²) in [6.07, 6.45) is 8.22. The third-order valence-electron chi connectivity index (χ3n) is 6.99. The van der Waals surface area contributed by atoms with Crippen molar-refractivity contribution >= 4 is 14.7 Å². The Morgan fingerprint density at radius 1 is 1.08 bits per heavy atom. The molecule has 1 atom stereocenters. The van der Waals surface area contributed by atoms with Crippen molar-refractivity contribution in [2.45, 2.75) is 71.9 Å². The molecule has 0 saturated carbocycles. The number of hydrogen-bond acceptors (Lipinski definition) is 0. The molecule has 2 aliphatic carbocycles. The van der Waals surface area contributed by atoms with Gasteiger partial charge >= 0.3 is 155 Å². The fourth-order valence-corrected chi connectivity index (χ4v) is 11.0. The van der Waals surface area contributed by atoms with Gasteiger partial charge in [0.1, 0.15) is 0 Å². The van der Waals surface area contributed by atoms with Gasteiger partial charge in [0.05, 0.1) is 0 Å². The Labute approximate surface area is 155 Å². The molecule has 0 nitrogen and oxygen atoms in total. The zero-order chi connectivity index (χ0) is 17.5. The average Bonchev–Trinajstić information content (AvgIpc) is 2.83. The summed E-state index contributed by atoms with van der Waals surface area (Å²) < 4.78 is 0.473. The molecular weight excluding hydrogens is 340 g/mol. The Balaban J connectivity index is 1.88. The molecule has 0 spiro atoms. The molecule has 0 heterocycles. The summed E-state index contributed by atoms with van der Waals surface area (Å²) in [5.74, 6) is 0. The van der Waals surface area contributed by atoms with Crippen molar-refractivity contribution in [1.29, 1.82) is 0 Å². The zero-order valence-electron chi connectivity index (χ0n) is 16.6. The van der Waals surface area contributed by atoms with Crippen LogP contribution in [0.15, 0.2) is 41.0 Å². The van der Waals surface area contributed by atoms with E-state index in [2.05, 4.69) is 60.7 Å². The van der Waals surface area contributed by atoms with Gasteiger partial charge in [0, 0.05) is 0 Å². The van der Waals surface area contributed by atoms with E-state index < -0.39 is 16.6 Å². The van der Waals surface area contributed by atoms with Crippen molar-refractivity contribution in [3.05, 3.63) is 52.1 Å². The fourth-order valence-electron chi connectivity index (χ4n) is 4.82. The maximum absolute atomic E-state index is 2.67. The molecule has 0 aromatic heterocycles. The first-order valence-corrected chi connectivity index (χ1v) is 16.9. The van der Waals surface area contributed by atoms with E-state index in [0.29, 0.717) is 3.72 Å². The summed E-state index contributed by atoms with van der Waals surface area (Å²) in [5.41, 5.74) is 8.46. The van der Waals surface area contributed by atoms with E-state index in [9.17, 15) is 0 Å². The number of benzene rings is 1. The normalized spacial score (nSPS) is 24.7. The van der Waals surface area contributed by atoms with Crippen LogP contribution in [0.4, 0.5) is 0 Å². The van der Waals surface area contributed by atoms with Crippen LogP contribution < -0.4 is 5.19 Å². The first-order chi connectivity index (χ1) is 11.2. The molecule has 0 N–H and O–H groups in total. The van der Waals surface area contributed by atoms with Gasteiger partial charge in [0.2, 0.25) is 0 Å². The number of rotatable bonds is 4. The van der Waals surface area contributed by atoms with E-state index in [4.69, 9.17) is 0 Å². The Bertz CT molecular complexity index is 705. The Morgan fingerprint density at radius 2 is 1.79 bits per heavy atom. The monoisotopic (exact) mass is 374 g/mol. The molecule has 24 heavy (non-hydrogen) atoms. The van der Waals surface area contributed by atoms with Crippen molar-refractivity contribution in [2.75, 3.05) is 0 Å². The quantitative estimate of drug-likeness (QED) is 0.584. The second-order valence-electron chi connectivity index (χ2n) is 9.11. The molecule has 2 heteroatoms. The summed E-state index contributed by atoms with van der Waals surface area (Å²) in [6.45, 7) is 7.21. The van der Waals surface area contributed by atoms with E-state index in [1.807, 2.05) is 11.1 Å². The Morgan fingerprint density at radius 3 is 2.50 bits per heavy atom. The van der Waals surface area contributed by atoms with E-state index >= 15 is 0 Å². The number of allylic oxidation sites excluding steroid dienone is 4. The zero-order valence-corrected chi connectivity index (χ0v) is 19.5. The second kappa shape index (κ2) is 6.74. The van der Waals surface area contributed by atoms with Crippen LogP contribution in [0.1, 0.15) is 43.7 Å². The van der Waals surface area contributed by atoms with Gasteiger partial charge in [-0.25, -0.2) is 0 Å². The summed E-state index contributed by atoms with van der Waals surface area (Å²) in [6, 6.07) is 8.30. The third kappa shape index (κ3) is 3.08. The van der Waals surface area contributed by atoms with E-state index in [-0.39, 0.29) is 9.52 Å². The van der Waals surface area contributed by atoms with E-state index in [0.717, 1.165) is 0 Å². The van der Waals surface area contributed by atoms with Crippen LogP contribution in [0, 0.1) is 13.8 Å². The molecule has 2 aliphatic rings. The van der Waals surface area contributed by atoms with Crippen LogP contribution in [-0.2, 0) is 16.6 Å². The van der Waals surface area contributed by atoms with Gasteiger partial charge in [-0.1, -0.05) is 0 Å². The number of aryl methyl sites for hydroxylation is 1. The summed E-state index contributed by atoms with van der Waals surface area (Å²) in [7, 11) is -0.223. The van der Waals surface area contributed by atoms with Gasteiger partial charge in [0.15, 0.2) is 0 Å². The van der Waals surface area contributed by atoms with Crippen molar-refractivity contribution in [3.8, 4) is 0 Å².